The summed E-state index contributed by atoms with van der Waals surface area (Å²) >= 11 is 0. The van der Waals surface area contributed by atoms with E-state index in [0.717, 1.165) is 11.3 Å². The summed E-state index contributed by atoms with van der Waals surface area (Å²) in [6, 6.07) is 13.0. The summed E-state index contributed by atoms with van der Waals surface area (Å²) in [5.41, 5.74) is 8.05. The van der Waals surface area contributed by atoms with E-state index in [4.69, 9.17) is 15.2 Å². The van der Waals surface area contributed by atoms with Crippen LogP contribution in [-0.2, 0) is 11.2 Å². The highest BCUT2D eigenvalue weighted by Gasteiger charge is 2.33. The molecule has 23 heavy (non-hydrogen) atoms. The number of carbonyl (C=O) groups excluding carboxylic acids is 1. The predicted molar refractivity (Wildman–Crippen MR) is 90.0 cm³/mol. The van der Waals surface area contributed by atoms with Crippen molar-refractivity contribution in [3.8, 4) is 11.5 Å². The third kappa shape index (κ3) is 2.95. The number of likely N-dealkylation sites (N-methyl/N-ethyl adjacent to an activating group) is 1. The topological polar surface area (TPSA) is 64.8 Å². The molecule has 2 N–H and O–H groups in total. The fourth-order valence-corrected chi connectivity index (χ4v) is 2.73. The molecule has 5 heteroatoms. The first kappa shape index (κ1) is 15.2. The van der Waals surface area contributed by atoms with Gasteiger partial charge in [0.05, 0.1) is 12.3 Å². The Balaban J connectivity index is 1.87. The van der Waals surface area contributed by atoms with Crippen LogP contribution in [0.5, 0.6) is 11.5 Å². The Kier molecular flexibility index (Phi) is 4.10. The van der Waals surface area contributed by atoms with E-state index >= 15 is 0 Å². The number of benzene rings is 2. The smallest absolute Gasteiger partial charge is 0.268 e. The summed E-state index contributed by atoms with van der Waals surface area (Å²) in [7, 11) is 1.74. The Hall–Kier alpha value is -2.69. The van der Waals surface area contributed by atoms with Crippen LogP contribution in [0.15, 0.2) is 42.5 Å². The fourth-order valence-electron chi connectivity index (χ4n) is 2.73. The van der Waals surface area contributed by atoms with Crippen LogP contribution in [0.3, 0.4) is 0 Å². The summed E-state index contributed by atoms with van der Waals surface area (Å²) in [6.45, 7) is 2.52. The van der Waals surface area contributed by atoms with E-state index in [1.807, 2.05) is 31.2 Å². The maximum atomic E-state index is 12.6. The number of amides is 1. The van der Waals surface area contributed by atoms with Crippen LogP contribution in [0, 0.1) is 0 Å². The van der Waals surface area contributed by atoms with Crippen LogP contribution in [0.1, 0.15) is 12.5 Å². The maximum Gasteiger partial charge on any atom is 0.268 e. The van der Waals surface area contributed by atoms with Crippen molar-refractivity contribution >= 4 is 17.3 Å². The molecule has 1 atom stereocenters. The van der Waals surface area contributed by atoms with E-state index in [1.165, 1.54) is 0 Å². The Labute approximate surface area is 135 Å². The standard InChI is InChI=1S/C18H20N2O3/c1-3-22-15-7-5-4-6-12(15)10-17-18(21)20(2)14-11-13(19)8-9-16(14)23-17/h4-9,11,17H,3,10,19H2,1-2H3. The molecular formula is C18H20N2O3. The number of para-hydroxylation sites is 1. The number of nitrogens with two attached hydrogens (primary N) is 1. The number of hydrogen-bond acceptors (Lipinski definition) is 4. The summed E-state index contributed by atoms with van der Waals surface area (Å²) in [5, 5.41) is 0. The first-order chi connectivity index (χ1) is 11.1. The molecule has 1 amide bonds. The average Bonchev–Trinajstić information content (AvgIpc) is 2.55. The van der Waals surface area contributed by atoms with Gasteiger partial charge >= 0.3 is 0 Å². The normalized spacial score (nSPS) is 16.7. The minimum atomic E-state index is -0.572. The van der Waals surface area contributed by atoms with Crippen molar-refractivity contribution in [2.45, 2.75) is 19.4 Å². The molecule has 1 unspecified atom stereocenters. The maximum absolute atomic E-state index is 12.6. The lowest BCUT2D eigenvalue weighted by molar-refractivity contribution is -0.125. The van der Waals surface area contributed by atoms with Crippen LogP contribution in [0.4, 0.5) is 11.4 Å². The number of rotatable bonds is 4. The number of carbonyl (C=O) groups is 1. The summed E-state index contributed by atoms with van der Waals surface area (Å²) in [4.78, 5) is 14.2. The zero-order chi connectivity index (χ0) is 16.4. The lowest BCUT2D eigenvalue weighted by Gasteiger charge is -2.32. The minimum Gasteiger partial charge on any atom is -0.494 e. The van der Waals surface area contributed by atoms with Crippen LogP contribution < -0.4 is 20.1 Å². The van der Waals surface area contributed by atoms with Gasteiger partial charge in [0, 0.05) is 19.2 Å². The Morgan fingerprint density at radius 1 is 1.26 bits per heavy atom. The van der Waals surface area contributed by atoms with Gasteiger partial charge in [-0.15, -0.1) is 0 Å². The van der Waals surface area contributed by atoms with E-state index in [9.17, 15) is 4.79 Å². The van der Waals surface area contributed by atoms with Crippen molar-refractivity contribution < 1.29 is 14.3 Å². The Morgan fingerprint density at radius 2 is 2.04 bits per heavy atom. The van der Waals surface area contributed by atoms with Crippen LogP contribution in [0.25, 0.3) is 0 Å². The van der Waals surface area contributed by atoms with Crippen molar-refractivity contribution in [1.29, 1.82) is 0 Å². The summed E-state index contributed by atoms with van der Waals surface area (Å²) in [5.74, 6) is 1.37. The zero-order valence-corrected chi connectivity index (χ0v) is 13.3. The number of nitrogens with zero attached hydrogens (tertiary/aromatic N) is 1. The van der Waals surface area contributed by atoms with Crippen molar-refractivity contribution in [2.75, 3.05) is 24.3 Å². The van der Waals surface area contributed by atoms with E-state index in [2.05, 4.69) is 0 Å². The van der Waals surface area contributed by atoms with Gasteiger partial charge in [-0.1, -0.05) is 18.2 Å². The first-order valence-electron chi connectivity index (χ1n) is 7.64. The Morgan fingerprint density at radius 3 is 2.83 bits per heavy atom. The second kappa shape index (κ2) is 6.20. The molecule has 5 nitrogen and oxygen atoms in total. The van der Waals surface area contributed by atoms with Gasteiger partial charge in [-0.25, -0.2) is 0 Å². The summed E-state index contributed by atoms with van der Waals surface area (Å²) < 4.78 is 11.5. The van der Waals surface area contributed by atoms with Gasteiger partial charge in [-0.2, -0.15) is 0 Å². The summed E-state index contributed by atoms with van der Waals surface area (Å²) in [6.07, 6.45) is -0.110. The molecular weight excluding hydrogens is 292 g/mol. The molecule has 1 aliphatic heterocycles. The molecule has 0 aliphatic carbocycles. The molecule has 2 aromatic carbocycles. The third-order valence-electron chi connectivity index (χ3n) is 3.90. The molecule has 1 aliphatic rings. The van der Waals surface area contributed by atoms with Gasteiger partial charge in [0.2, 0.25) is 0 Å². The number of hydrogen-bond donors (Lipinski definition) is 1. The van der Waals surface area contributed by atoms with Crippen molar-refractivity contribution in [2.24, 2.45) is 0 Å². The molecule has 0 aromatic heterocycles. The molecule has 0 fully saturated rings. The largest absolute Gasteiger partial charge is 0.494 e. The first-order valence-corrected chi connectivity index (χ1v) is 7.64. The highest BCUT2D eigenvalue weighted by molar-refractivity contribution is 6.00. The monoisotopic (exact) mass is 312 g/mol. The van der Waals surface area contributed by atoms with Gasteiger partial charge in [-0.05, 0) is 36.8 Å². The predicted octanol–water partition coefficient (Wildman–Crippen LogP) is 2.63. The molecule has 0 bridgehead atoms. The number of ether oxygens (including phenoxy) is 2. The average molecular weight is 312 g/mol. The molecule has 0 saturated heterocycles. The lowest BCUT2D eigenvalue weighted by Crippen LogP contribution is -2.45. The Bertz CT molecular complexity index is 730. The van der Waals surface area contributed by atoms with E-state index in [-0.39, 0.29) is 5.91 Å². The van der Waals surface area contributed by atoms with Crippen LogP contribution in [0.2, 0.25) is 0 Å². The minimum absolute atomic E-state index is 0.0885. The van der Waals surface area contributed by atoms with Gasteiger partial charge < -0.3 is 20.1 Å². The molecule has 2 aromatic rings. The highest BCUT2D eigenvalue weighted by Crippen LogP contribution is 2.36. The quantitative estimate of drug-likeness (QED) is 0.882. The van der Waals surface area contributed by atoms with Crippen molar-refractivity contribution in [3.63, 3.8) is 0 Å². The van der Waals surface area contributed by atoms with Gasteiger partial charge in [-0.3, -0.25) is 4.79 Å². The molecule has 0 saturated carbocycles. The zero-order valence-electron chi connectivity index (χ0n) is 13.3. The number of nitrogen functional groups attached to an aromatic ring is 1. The van der Waals surface area contributed by atoms with Gasteiger partial charge in [0.15, 0.2) is 6.10 Å². The third-order valence-corrected chi connectivity index (χ3v) is 3.90. The molecule has 120 valence electrons. The van der Waals surface area contributed by atoms with Crippen LogP contribution >= 0.6 is 0 Å². The molecule has 0 spiro atoms. The van der Waals surface area contributed by atoms with Gasteiger partial charge in [0.25, 0.3) is 5.91 Å². The van der Waals surface area contributed by atoms with Crippen molar-refractivity contribution in [3.05, 3.63) is 48.0 Å². The molecule has 0 radical (unpaired) electrons. The lowest BCUT2D eigenvalue weighted by atomic mass is 10.0. The second-order valence-electron chi connectivity index (χ2n) is 5.48. The van der Waals surface area contributed by atoms with Crippen molar-refractivity contribution in [1.82, 2.24) is 0 Å². The second-order valence-corrected chi connectivity index (χ2v) is 5.48. The van der Waals surface area contributed by atoms with Gasteiger partial charge in [0.1, 0.15) is 11.5 Å². The van der Waals surface area contributed by atoms with E-state index < -0.39 is 6.10 Å². The van der Waals surface area contributed by atoms with E-state index in [0.29, 0.717) is 30.2 Å². The number of anilines is 2. The molecule has 1 heterocycles. The van der Waals surface area contributed by atoms with Crippen LogP contribution in [-0.4, -0.2) is 25.7 Å². The fraction of sp³-hybridized carbons (Fsp3) is 0.278. The van der Waals surface area contributed by atoms with E-state index in [1.54, 1.807) is 30.1 Å². The highest BCUT2D eigenvalue weighted by atomic mass is 16.5. The SMILES string of the molecule is CCOc1ccccc1CC1Oc2ccc(N)cc2N(C)C1=O. The molecule has 3 rings (SSSR count). The number of fused-ring (bicyclic) bond motifs is 1.